The van der Waals surface area contributed by atoms with Gasteiger partial charge in [0.1, 0.15) is 7.05 Å². The smallest absolute Gasteiger partial charge is 0.169 e. The second kappa shape index (κ2) is 7.23. The van der Waals surface area contributed by atoms with E-state index in [1.165, 1.54) is 16.8 Å². The molecule has 1 aromatic heterocycles. The third-order valence-electron chi connectivity index (χ3n) is 4.11. The van der Waals surface area contributed by atoms with Crippen LogP contribution in [-0.4, -0.2) is 24.5 Å². The molecule has 1 aliphatic carbocycles. The molecule has 0 amide bonds. The van der Waals surface area contributed by atoms with Gasteiger partial charge in [0.05, 0.1) is 0 Å². The van der Waals surface area contributed by atoms with Crippen LogP contribution in [0.1, 0.15) is 25.3 Å². The second-order valence-electron chi connectivity index (χ2n) is 5.73. The van der Waals surface area contributed by atoms with Gasteiger partial charge in [0, 0.05) is 37.5 Å². The minimum atomic E-state index is 0.395. The molecule has 21 heavy (non-hydrogen) atoms. The Morgan fingerprint density at radius 2 is 1.95 bits per heavy atom. The van der Waals surface area contributed by atoms with Crippen molar-refractivity contribution in [3.8, 4) is 0 Å². The maximum Gasteiger partial charge on any atom is 0.169 e. The van der Waals surface area contributed by atoms with E-state index in [-0.39, 0.29) is 0 Å². The maximum atomic E-state index is 5.73. The molecule has 3 nitrogen and oxygen atoms in total. The third kappa shape index (κ3) is 4.30. The second-order valence-corrected chi connectivity index (χ2v) is 5.73. The highest BCUT2D eigenvalue weighted by Crippen LogP contribution is 2.23. The molecule has 112 valence electrons. The van der Waals surface area contributed by atoms with Gasteiger partial charge >= 0.3 is 0 Å². The third-order valence-corrected chi connectivity index (χ3v) is 4.11. The number of aryl methyl sites for hydroxylation is 1. The molecule has 0 fully saturated rings. The highest BCUT2D eigenvalue weighted by Gasteiger charge is 2.13. The zero-order chi connectivity index (χ0) is 15.2. The minimum Gasteiger partial charge on any atom is -0.374 e. The van der Waals surface area contributed by atoms with Crippen molar-refractivity contribution in [1.82, 2.24) is 4.90 Å². The molecule has 1 aromatic rings. The zero-order valence-corrected chi connectivity index (χ0v) is 13.3. The maximum absolute atomic E-state index is 5.73. The first-order chi connectivity index (χ1) is 10.1. The molecule has 3 heteroatoms. The van der Waals surface area contributed by atoms with Crippen LogP contribution in [0.15, 0.2) is 54.0 Å². The molecule has 0 aliphatic heterocycles. The van der Waals surface area contributed by atoms with Crippen LogP contribution in [0, 0.1) is 0 Å². The molecule has 0 radical (unpaired) electrons. The van der Waals surface area contributed by atoms with Gasteiger partial charge in [-0.2, -0.15) is 0 Å². The van der Waals surface area contributed by atoms with Gasteiger partial charge < -0.3 is 10.6 Å². The van der Waals surface area contributed by atoms with Gasteiger partial charge in [-0.05, 0) is 37.0 Å². The number of hydrogen-bond donors (Lipinski definition) is 1. The van der Waals surface area contributed by atoms with Crippen molar-refractivity contribution >= 4 is 6.08 Å². The number of pyridine rings is 1. The van der Waals surface area contributed by atoms with Gasteiger partial charge in [0.15, 0.2) is 12.4 Å². The lowest BCUT2D eigenvalue weighted by molar-refractivity contribution is -0.671. The van der Waals surface area contributed by atoms with Crippen LogP contribution in [0.5, 0.6) is 0 Å². The van der Waals surface area contributed by atoms with Gasteiger partial charge in [-0.1, -0.05) is 18.2 Å². The Labute approximate surface area is 128 Å². The Hall–Kier alpha value is -1.87. The van der Waals surface area contributed by atoms with E-state index in [1.807, 2.05) is 11.6 Å². The van der Waals surface area contributed by atoms with E-state index in [1.54, 1.807) is 0 Å². The Balaban J connectivity index is 2.01. The summed E-state index contributed by atoms with van der Waals surface area (Å²) in [5.41, 5.74) is 9.71. The molecular weight excluding hydrogens is 258 g/mol. The number of aromatic nitrogens is 1. The molecule has 0 saturated heterocycles. The highest BCUT2D eigenvalue weighted by molar-refractivity contribution is 5.52. The Morgan fingerprint density at radius 3 is 2.52 bits per heavy atom. The van der Waals surface area contributed by atoms with Gasteiger partial charge in [-0.25, -0.2) is 4.57 Å². The first-order valence-electron chi connectivity index (χ1n) is 7.56. The quantitative estimate of drug-likeness (QED) is 0.842. The van der Waals surface area contributed by atoms with Gasteiger partial charge in [0.2, 0.25) is 0 Å². The van der Waals surface area contributed by atoms with Crippen molar-refractivity contribution in [3.05, 3.63) is 59.6 Å². The number of rotatable bonds is 5. The van der Waals surface area contributed by atoms with E-state index < -0.39 is 0 Å². The highest BCUT2D eigenvalue weighted by atomic mass is 15.1. The standard InChI is InChI=1S/C18H26N3/c1-15(14-19)21(3)18-8-6-16(7-9-18)4-5-17-10-12-20(2)13-11-17/h4-6,8,10-13,15H,7,9,14,19H2,1-3H3/q+1. The van der Waals surface area contributed by atoms with Crippen LogP contribution < -0.4 is 10.3 Å². The number of nitrogens with zero attached hydrogens (tertiary/aromatic N) is 2. The summed E-state index contributed by atoms with van der Waals surface area (Å²) in [5.74, 6) is 0. The summed E-state index contributed by atoms with van der Waals surface area (Å²) >= 11 is 0. The average Bonchev–Trinajstić information content (AvgIpc) is 2.53. The lowest BCUT2D eigenvalue weighted by atomic mass is 10.00. The molecule has 0 saturated carbocycles. The van der Waals surface area contributed by atoms with Gasteiger partial charge in [-0.3, -0.25) is 0 Å². The molecule has 1 heterocycles. The molecule has 2 rings (SSSR count). The fraction of sp³-hybridized carbons (Fsp3) is 0.389. The van der Waals surface area contributed by atoms with Crippen molar-refractivity contribution in [1.29, 1.82) is 0 Å². The summed E-state index contributed by atoms with van der Waals surface area (Å²) in [6.07, 6.45) is 15.1. The van der Waals surface area contributed by atoms with Crippen LogP contribution in [0.25, 0.3) is 6.08 Å². The molecule has 1 unspecified atom stereocenters. The predicted molar refractivity (Wildman–Crippen MR) is 88.3 cm³/mol. The van der Waals surface area contributed by atoms with Crippen molar-refractivity contribution in [2.45, 2.75) is 25.8 Å². The fourth-order valence-corrected chi connectivity index (χ4v) is 2.34. The van der Waals surface area contributed by atoms with E-state index in [4.69, 9.17) is 5.73 Å². The molecule has 1 aliphatic rings. The normalized spacial score (nSPS) is 16.6. The Morgan fingerprint density at radius 1 is 1.24 bits per heavy atom. The van der Waals surface area contributed by atoms with E-state index in [9.17, 15) is 0 Å². The lowest BCUT2D eigenvalue weighted by Gasteiger charge is -2.30. The van der Waals surface area contributed by atoms with Gasteiger partial charge in [-0.15, -0.1) is 0 Å². The Bertz CT molecular complexity index is 552. The summed E-state index contributed by atoms with van der Waals surface area (Å²) in [6, 6.07) is 4.64. The van der Waals surface area contributed by atoms with Crippen LogP contribution in [-0.2, 0) is 7.05 Å². The number of allylic oxidation sites excluding steroid dienone is 5. The molecule has 1 atom stereocenters. The number of likely N-dealkylation sites (N-methyl/N-ethyl adjacent to an activating group) is 1. The molecule has 0 aromatic carbocycles. The van der Waals surface area contributed by atoms with E-state index in [2.05, 4.69) is 67.7 Å². The monoisotopic (exact) mass is 284 g/mol. The van der Waals surface area contributed by atoms with E-state index in [0.717, 1.165) is 12.8 Å². The van der Waals surface area contributed by atoms with Crippen molar-refractivity contribution < 1.29 is 4.57 Å². The SMILES string of the molecule is CC(CN)N(C)C1=CC=C(C=Cc2cc[n+](C)cc2)CC1. The Kier molecular flexibility index (Phi) is 5.34. The minimum absolute atomic E-state index is 0.395. The number of nitrogens with two attached hydrogens (primary N) is 1. The van der Waals surface area contributed by atoms with Gasteiger partial charge in [0.25, 0.3) is 0 Å². The summed E-state index contributed by atoms with van der Waals surface area (Å²) in [4.78, 5) is 2.29. The summed E-state index contributed by atoms with van der Waals surface area (Å²) in [7, 11) is 4.16. The van der Waals surface area contributed by atoms with Crippen molar-refractivity contribution in [2.24, 2.45) is 12.8 Å². The first-order valence-corrected chi connectivity index (χ1v) is 7.56. The predicted octanol–water partition coefficient (Wildman–Crippen LogP) is 2.41. The van der Waals surface area contributed by atoms with Crippen molar-refractivity contribution in [2.75, 3.05) is 13.6 Å². The lowest BCUT2D eigenvalue weighted by Crippen LogP contribution is -2.35. The van der Waals surface area contributed by atoms with E-state index in [0.29, 0.717) is 12.6 Å². The van der Waals surface area contributed by atoms with Crippen LogP contribution in [0.4, 0.5) is 0 Å². The van der Waals surface area contributed by atoms with Crippen LogP contribution in [0.3, 0.4) is 0 Å². The molecule has 0 spiro atoms. The molecule has 0 bridgehead atoms. The molecule has 2 N–H and O–H groups in total. The molecular formula is C18H26N3+. The summed E-state index contributed by atoms with van der Waals surface area (Å²) < 4.78 is 2.04. The average molecular weight is 284 g/mol. The van der Waals surface area contributed by atoms with Crippen molar-refractivity contribution in [3.63, 3.8) is 0 Å². The fourth-order valence-electron chi connectivity index (χ4n) is 2.34. The largest absolute Gasteiger partial charge is 0.374 e. The number of hydrogen-bond acceptors (Lipinski definition) is 2. The summed E-state index contributed by atoms with van der Waals surface area (Å²) in [6.45, 7) is 2.85. The van der Waals surface area contributed by atoms with Crippen LogP contribution in [0.2, 0.25) is 0 Å². The summed E-state index contributed by atoms with van der Waals surface area (Å²) in [5, 5.41) is 0. The topological polar surface area (TPSA) is 33.1 Å². The first kappa shape index (κ1) is 15.5. The zero-order valence-electron chi connectivity index (χ0n) is 13.3. The van der Waals surface area contributed by atoms with E-state index >= 15 is 0 Å². The van der Waals surface area contributed by atoms with Crippen LogP contribution >= 0.6 is 0 Å².